The van der Waals surface area contributed by atoms with Crippen LogP contribution in [0.2, 0.25) is 0 Å². The van der Waals surface area contributed by atoms with Crippen LogP contribution in [-0.4, -0.2) is 35.7 Å². The van der Waals surface area contributed by atoms with Gasteiger partial charge in [-0.05, 0) is 17.7 Å². The van der Waals surface area contributed by atoms with E-state index in [1.807, 2.05) is 41.1 Å². The molecule has 2 aromatic heterocycles. The molecule has 6 heteroatoms. The number of ether oxygens (including phenoxy) is 1. The summed E-state index contributed by atoms with van der Waals surface area (Å²) < 4.78 is 6.89. The van der Waals surface area contributed by atoms with Crippen LogP contribution in [0.25, 0.3) is 10.9 Å². The molecule has 0 saturated carbocycles. The molecule has 3 aromatic rings. The van der Waals surface area contributed by atoms with Gasteiger partial charge in [-0.15, -0.1) is 11.8 Å². The molecule has 0 bridgehead atoms. The highest BCUT2D eigenvalue weighted by Crippen LogP contribution is 2.28. The van der Waals surface area contributed by atoms with Gasteiger partial charge in [-0.3, -0.25) is 4.79 Å². The number of aromatic nitrogens is 2. The first-order chi connectivity index (χ1) is 12.3. The maximum absolute atomic E-state index is 12.0. The lowest BCUT2D eigenvalue weighted by atomic mass is 10.2. The smallest absolute Gasteiger partial charge is 0.240 e. The highest BCUT2D eigenvalue weighted by atomic mass is 32.2. The van der Waals surface area contributed by atoms with E-state index < -0.39 is 0 Å². The van der Waals surface area contributed by atoms with Crippen LogP contribution >= 0.6 is 11.8 Å². The fourth-order valence-electron chi connectivity index (χ4n) is 2.58. The van der Waals surface area contributed by atoms with Crippen molar-refractivity contribution in [1.82, 2.24) is 14.9 Å². The maximum atomic E-state index is 12.0. The predicted molar refractivity (Wildman–Crippen MR) is 101 cm³/mol. The van der Waals surface area contributed by atoms with Crippen LogP contribution in [-0.2, 0) is 21.8 Å². The van der Waals surface area contributed by atoms with Crippen molar-refractivity contribution in [1.29, 1.82) is 0 Å². The van der Waals surface area contributed by atoms with E-state index in [2.05, 4.69) is 22.4 Å². The van der Waals surface area contributed by atoms with Gasteiger partial charge in [-0.1, -0.05) is 30.3 Å². The molecule has 1 N–H and O–H groups in total. The normalized spacial score (nSPS) is 10.9. The molecule has 0 aliphatic rings. The Hall–Kier alpha value is -2.31. The number of methoxy groups -OCH3 is 1. The molecule has 0 saturated heterocycles. The van der Waals surface area contributed by atoms with Crippen molar-refractivity contribution < 1.29 is 9.53 Å². The average molecular weight is 355 g/mol. The summed E-state index contributed by atoms with van der Waals surface area (Å²) in [5.74, 6) is 0.847. The standard InChI is InChI=1S/C19H21N3O2S/c1-24-12-10-20-18(23)13-22-11-8-16-17(22)7-9-21-19(16)25-14-15-5-3-2-4-6-15/h2-9,11H,10,12-14H2,1H3,(H,20,23). The zero-order valence-electron chi connectivity index (χ0n) is 14.1. The molecule has 0 aliphatic heterocycles. The number of fused-ring (bicyclic) bond motifs is 1. The number of pyridine rings is 1. The Labute approximate surface area is 151 Å². The van der Waals surface area contributed by atoms with Gasteiger partial charge in [0.15, 0.2) is 0 Å². The van der Waals surface area contributed by atoms with Crippen molar-refractivity contribution in [2.75, 3.05) is 20.3 Å². The third-order valence-corrected chi connectivity index (χ3v) is 4.90. The zero-order chi connectivity index (χ0) is 17.5. The van der Waals surface area contributed by atoms with Crippen LogP contribution in [0.3, 0.4) is 0 Å². The van der Waals surface area contributed by atoms with Crippen molar-refractivity contribution in [2.45, 2.75) is 17.3 Å². The molecule has 3 rings (SSSR count). The highest BCUT2D eigenvalue weighted by molar-refractivity contribution is 7.98. The van der Waals surface area contributed by atoms with Gasteiger partial charge >= 0.3 is 0 Å². The van der Waals surface area contributed by atoms with Gasteiger partial charge < -0.3 is 14.6 Å². The summed E-state index contributed by atoms with van der Waals surface area (Å²) in [5.41, 5.74) is 2.29. The number of hydrogen-bond donors (Lipinski definition) is 1. The average Bonchev–Trinajstić information content (AvgIpc) is 3.04. The molecule has 130 valence electrons. The van der Waals surface area contributed by atoms with Gasteiger partial charge in [0.25, 0.3) is 0 Å². The second kappa shape index (κ2) is 8.69. The van der Waals surface area contributed by atoms with E-state index >= 15 is 0 Å². The summed E-state index contributed by atoms with van der Waals surface area (Å²) in [7, 11) is 1.62. The number of carbonyl (C=O) groups is 1. The summed E-state index contributed by atoms with van der Waals surface area (Å²) in [6.07, 6.45) is 3.74. The molecule has 0 aliphatic carbocycles. The summed E-state index contributed by atoms with van der Waals surface area (Å²) in [6.45, 7) is 1.33. The lowest BCUT2D eigenvalue weighted by Crippen LogP contribution is -2.30. The van der Waals surface area contributed by atoms with Gasteiger partial charge in [0.1, 0.15) is 11.6 Å². The largest absolute Gasteiger partial charge is 0.383 e. The Bertz CT molecular complexity index is 833. The summed E-state index contributed by atoms with van der Waals surface area (Å²) in [6, 6.07) is 14.3. The van der Waals surface area contributed by atoms with E-state index in [9.17, 15) is 4.79 Å². The number of amides is 1. The summed E-state index contributed by atoms with van der Waals surface area (Å²) in [4.78, 5) is 16.5. The number of carbonyl (C=O) groups excluding carboxylic acids is 1. The minimum absolute atomic E-state index is 0.0233. The second-order valence-electron chi connectivity index (χ2n) is 5.61. The molecule has 5 nitrogen and oxygen atoms in total. The van der Waals surface area contributed by atoms with Crippen LogP contribution in [0.4, 0.5) is 0 Å². The minimum atomic E-state index is -0.0233. The molecular formula is C19H21N3O2S. The lowest BCUT2D eigenvalue weighted by Gasteiger charge is -2.08. The molecule has 1 aromatic carbocycles. The number of benzene rings is 1. The topological polar surface area (TPSA) is 56.1 Å². The number of nitrogens with zero attached hydrogens (tertiary/aromatic N) is 2. The molecule has 0 radical (unpaired) electrons. The minimum Gasteiger partial charge on any atom is -0.383 e. The fourth-order valence-corrected chi connectivity index (χ4v) is 3.54. The monoisotopic (exact) mass is 355 g/mol. The first kappa shape index (κ1) is 17.5. The summed E-state index contributed by atoms with van der Waals surface area (Å²) in [5, 5.41) is 4.91. The predicted octanol–water partition coefficient (Wildman–Crippen LogP) is 3.09. The Morgan fingerprint density at radius 2 is 2.08 bits per heavy atom. The van der Waals surface area contributed by atoms with Crippen LogP contribution in [0.5, 0.6) is 0 Å². The number of thioether (sulfide) groups is 1. The van der Waals surface area contributed by atoms with Crippen molar-refractivity contribution in [3.05, 3.63) is 60.4 Å². The van der Waals surface area contributed by atoms with Gasteiger partial charge in [0.05, 0.1) is 12.1 Å². The fraction of sp³-hybridized carbons (Fsp3) is 0.263. The van der Waals surface area contributed by atoms with Crippen molar-refractivity contribution in [3.63, 3.8) is 0 Å². The first-order valence-corrected chi connectivity index (χ1v) is 9.12. The van der Waals surface area contributed by atoms with E-state index in [4.69, 9.17) is 4.74 Å². The number of hydrogen-bond acceptors (Lipinski definition) is 4. The van der Waals surface area contributed by atoms with Gasteiger partial charge in [-0.2, -0.15) is 0 Å². The molecule has 0 spiro atoms. The van der Waals surface area contributed by atoms with E-state index in [-0.39, 0.29) is 5.91 Å². The van der Waals surface area contributed by atoms with Gasteiger partial charge in [-0.25, -0.2) is 4.98 Å². The molecule has 2 heterocycles. The molecule has 0 unspecified atom stereocenters. The van der Waals surface area contributed by atoms with Crippen molar-refractivity contribution in [3.8, 4) is 0 Å². The van der Waals surface area contributed by atoms with E-state index in [1.165, 1.54) is 5.56 Å². The SMILES string of the molecule is COCCNC(=O)Cn1ccc2c(SCc3ccccc3)nccc21. The quantitative estimate of drug-likeness (QED) is 0.498. The van der Waals surface area contributed by atoms with E-state index in [1.54, 1.807) is 25.1 Å². The van der Waals surface area contributed by atoms with E-state index in [0.717, 1.165) is 21.7 Å². The Balaban J connectivity index is 1.70. The Morgan fingerprint density at radius 1 is 1.24 bits per heavy atom. The summed E-state index contributed by atoms with van der Waals surface area (Å²) >= 11 is 1.71. The Morgan fingerprint density at radius 3 is 2.88 bits per heavy atom. The van der Waals surface area contributed by atoms with Crippen LogP contribution in [0.15, 0.2) is 59.9 Å². The third-order valence-electron chi connectivity index (χ3n) is 3.82. The molecular weight excluding hydrogens is 334 g/mol. The zero-order valence-corrected chi connectivity index (χ0v) is 15.0. The molecule has 0 atom stereocenters. The van der Waals surface area contributed by atoms with Crippen molar-refractivity contribution >= 4 is 28.6 Å². The molecule has 25 heavy (non-hydrogen) atoms. The maximum Gasteiger partial charge on any atom is 0.240 e. The lowest BCUT2D eigenvalue weighted by molar-refractivity contribution is -0.121. The molecule has 1 amide bonds. The first-order valence-electron chi connectivity index (χ1n) is 8.14. The van der Waals surface area contributed by atoms with Crippen LogP contribution < -0.4 is 5.32 Å². The van der Waals surface area contributed by atoms with Gasteiger partial charge in [0.2, 0.25) is 5.91 Å². The third kappa shape index (κ3) is 4.61. The molecule has 0 fully saturated rings. The second-order valence-corrected chi connectivity index (χ2v) is 6.57. The number of rotatable bonds is 8. The van der Waals surface area contributed by atoms with Gasteiger partial charge in [0, 0.05) is 37.2 Å². The van der Waals surface area contributed by atoms with Crippen LogP contribution in [0.1, 0.15) is 5.56 Å². The number of nitrogens with one attached hydrogen (secondary N) is 1. The Kier molecular flexibility index (Phi) is 6.09. The highest BCUT2D eigenvalue weighted by Gasteiger charge is 2.10. The van der Waals surface area contributed by atoms with Crippen molar-refractivity contribution in [2.24, 2.45) is 0 Å². The van der Waals surface area contributed by atoms with Crippen LogP contribution in [0, 0.1) is 0 Å². The van der Waals surface area contributed by atoms with E-state index in [0.29, 0.717) is 19.7 Å².